The van der Waals surface area contributed by atoms with Crippen LogP contribution in [-0.2, 0) is 6.54 Å². The number of aromatic amines is 1. The molecule has 0 bridgehead atoms. The summed E-state index contributed by atoms with van der Waals surface area (Å²) in [4.78, 5) is 15.5. The van der Waals surface area contributed by atoms with Gasteiger partial charge in [-0.05, 0) is 29.8 Å². The van der Waals surface area contributed by atoms with Crippen LogP contribution in [0, 0.1) is 0 Å². The lowest BCUT2D eigenvalue weighted by molar-refractivity contribution is 0.0955. The smallest absolute Gasteiger partial charge is 0.271 e. The molecule has 26 heavy (non-hydrogen) atoms. The summed E-state index contributed by atoms with van der Waals surface area (Å²) in [6.07, 6.45) is 7.13. The lowest BCUT2D eigenvalue weighted by Crippen LogP contribution is -2.17. The van der Waals surface area contributed by atoms with Gasteiger partial charge in [-0.2, -0.15) is 10.2 Å². The third kappa shape index (κ3) is 3.39. The van der Waals surface area contributed by atoms with Crippen LogP contribution in [0.4, 0.5) is 0 Å². The number of amides is 1. The maximum Gasteiger partial charge on any atom is 0.271 e. The number of fused-ring (bicyclic) bond motifs is 1. The van der Waals surface area contributed by atoms with Gasteiger partial charge in [0.25, 0.3) is 5.91 Å². The molecule has 0 aliphatic heterocycles. The first-order valence-electron chi connectivity index (χ1n) is 8.25. The lowest BCUT2D eigenvalue weighted by atomic mass is 10.1. The standard InChI is InChI=1S/C20H17N5O/c26-20(16-6-3-5-15(11-16)14-25-10-4-9-23-25)24-22-13-17-12-21-19-8-2-1-7-18(17)19/h1-13,21H,14H2,(H,24,26)/b22-13+. The zero-order valence-electron chi connectivity index (χ0n) is 14.0. The second-order valence-electron chi connectivity index (χ2n) is 5.89. The first kappa shape index (κ1) is 15.8. The Labute approximate surface area is 150 Å². The number of aromatic nitrogens is 3. The first-order chi connectivity index (χ1) is 12.8. The van der Waals surface area contributed by atoms with Crippen LogP contribution in [-0.4, -0.2) is 26.9 Å². The molecule has 0 aliphatic rings. The number of nitrogens with zero attached hydrogens (tertiary/aromatic N) is 3. The number of para-hydroxylation sites is 1. The topological polar surface area (TPSA) is 75.1 Å². The average molecular weight is 343 g/mol. The Hall–Kier alpha value is -3.67. The minimum atomic E-state index is -0.247. The molecule has 2 heterocycles. The van der Waals surface area contributed by atoms with Gasteiger partial charge >= 0.3 is 0 Å². The largest absolute Gasteiger partial charge is 0.361 e. The van der Waals surface area contributed by atoms with Crippen LogP contribution in [0.2, 0.25) is 0 Å². The summed E-state index contributed by atoms with van der Waals surface area (Å²) in [7, 11) is 0. The third-order valence-electron chi connectivity index (χ3n) is 4.08. The van der Waals surface area contributed by atoms with Crippen molar-refractivity contribution in [2.45, 2.75) is 6.54 Å². The summed E-state index contributed by atoms with van der Waals surface area (Å²) >= 11 is 0. The summed E-state index contributed by atoms with van der Waals surface area (Å²) in [6.45, 7) is 0.618. The molecule has 0 unspecified atom stereocenters. The van der Waals surface area contributed by atoms with Crippen molar-refractivity contribution in [3.05, 3.63) is 89.9 Å². The summed E-state index contributed by atoms with van der Waals surface area (Å²) < 4.78 is 1.81. The van der Waals surface area contributed by atoms with E-state index >= 15 is 0 Å². The van der Waals surface area contributed by atoms with Gasteiger partial charge in [0.05, 0.1) is 12.8 Å². The van der Waals surface area contributed by atoms with Gasteiger partial charge in [-0.3, -0.25) is 9.48 Å². The van der Waals surface area contributed by atoms with Crippen molar-refractivity contribution >= 4 is 23.0 Å². The van der Waals surface area contributed by atoms with Crippen LogP contribution in [0.3, 0.4) is 0 Å². The van der Waals surface area contributed by atoms with Gasteiger partial charge in [-0.1, -0.05) is 30.3 Å². The van der Waals surface area contributed by atoms with Crippen LogP contribution in [0.15, 0.2) is 78.3 Å². The number of benzene rings is 2. The molecule has 0 saturated heterocycles. The van der Waals surface area contributed by atoms with Crippen molar-refractivity contribution in [2.75, 3.05) is 0 Å². The average Bonchev–Trinajstić information content (AvgIpc) is 3.32. The Kier molecular flexibility index (Phi) is 4.30. The summed E-state index contributed by atoms with van der Waals surface area (Å²) in [5.74, 6) is -0.247. The molecule has 4 rings (SSSR count). The van der Waals surface area contributed by atoms with Gasteiger partial charge in [-0.25, -0.2) is 5.43 Å². The molecule has 0 radical (unpaired) electrons. The highest BCUT2D eigenvalue weighted by Crippen LogP contribution is 2.15. The molecule has 1 amide bonds. The Morgan fingerprint density at radius 3 is 3.00 bits per heavy atom. The minimum Gasteiger partial charge on any atom is -0.361 e. The number of H-pyrrole nitrogens is 1. The number of hydrazone groups is 1. The summed E-state index contributed by atoms with van der Waals surface area (Å²) in [5, 5.41) is 9.32. The van der Waals surface area contributed by atoms with E-state index in [0.29, 0.717) is 12.1 Å². The quantitative estimate of drug-likeness (QED) is 0.431. The molecule has 128 valence electrons. The Morgan fingerprint density at radius 2 is 2.12 bits per heavy atom. The molecule has 0 spiro atoms. The molecular weight excluding hydrogens is 326 g/mol. The fourth-order valence-electron chi connectivity index (χ4n) is 2.82. The van der Waals surface area contributed by atoms with Crippen molar-refractivity contribution in [1.29, 1.82) is 0 Å². The van der Waals surface area contributed by atoms with E-state index in [2.05, 4.69) is 20.6 Å². The Bertz CT molecular complexity index is 1060. The van der Waals surface area contributed by atoms with Gasteiger partial charge in [0.2, 0.25) is 0 Å². The van der Waals surface area contributed by atoms with E-state index < -0.39 is 0 Å². The van der Waals surface area contributed by atoms with E-state index in [9.17, 15) is 4.79 Å². The number of nitrogens with one attached hydrogen (secondary N) is 2. The van der Waals surface area contributed by atoms with E-state index in [-0.39, 0.29) is 5.91 Å². The highest BCUT2D eigenvalue weighted by molar-refractivity contribution is 6.00. The molecule has 6 nitrogen and oxygen atoms in total. The molecule has 0 aliphatic carbocycles. The van der Waals surface area contributed by atoms with Crippen molar-refractivity contribution in [2.24, 2.45) is 5.10 Å². The number of hydrogen-bond donors (Lipinski definition) is 2. The molecule has 6 heteroatoms. The van der Waals surface area contributed by atoms with Gasteiger partial charge in [0, 0.05) is 40.6 Å². The highest BCUT2D eigenvalue weighted by Gasteiger charge is 2.06. The van der Waals surface area contributed by atoms with Crippen LogP contribution < -0.4 is 5.43 Å². The molecular formula is C20H17N5O. The summed E-state index contributed by atoms with van der Waals surface area (Å²) in [5.41, 5.74) is 6.10. The molecule has 2 aromatic heterocycles. The molecule has 2 N–H and O–H groups in total. The van der Waals surface area contributed by atoms with Crippen LogP contribution in [0.5, 0.6) is 0 Å². The van der Waals surface area contributed by atoms with Gasteiger partial charge in [0.1, 0.15) is 0 Å². The third-order valence-corrected chi connectivity index (χ3v) is 4.08. The normalized spacial score (nSPS) is 11.2. The molecule has 2 aromatic carbocycles. The minimum absolute atomic E-state index is 0.247. The lowest BCUT2D eigenvalue weighted by Gasteiger charge is -2.05. The van der Waals surface area contributed by atoms with Crippen LogP contribution >= 0.6 is 0 Å². The summed E-state index contributed by atoms with van der Waals surface area (Å²) in [6, 6.07) is 17.3. The first-order valence-corrected chi connectivity index (χ1v) is 8.25. The van der Waals surface area contributed by atoms with Gasteiger partial charge in [-0.15, -0.1) is 0 Å². The zero-order valence-corrected chi connectivity index (χ0v) is 14.0. The van der Waals surface area contributed by atoms with E-state index in [1.807, 2.05) is 65.6 Å². The van der Waals surface area contributed by atoms with Crippen LogP contribution in [0.1, 0.15) is 21.5 Å². The molecule has 0 atom stereocenters. The fraction of sp³-hybridized carbons (Fsp3) is 0.0500. The molecule has 0 fully saturated rings. The zero-order chi connectivity index (χ0) is 17.8. The van der Waals surface area contributed by atoms with Crippen molar-refractivity contribution in [3.63, 3.8) is 0 Å². The number of hydrogen-bond acceptors (Lipinski definition) is 3. The van der Waals surface area contributed by atoms with Crippen molar-refractivity contribution in [1.82, 2.24) is 20.2 Å². The van der Waals surface area contributed by atoms with E-state index in [1.54, 1.807) is 18.5 Å². The highest BCUT2D eigenvalue weighted by atomic mass is 16.2. The number of carbonyl (C=O) groups excluding carboxylic acids is 1. The predicted molar refractivity (Wildman–Crippen MR) is 101 cm³/mol. The van der Waals surface area contributed by atoms with E-state index in [4.69, 9.17) is 0 Å². The van der Waals surface area contributed by atoms with Gasteiger partial charge in [0.15, 0.2) is 0 Å². The molecule has 0 saturated carbocycles. The second kappa shape index (κ2) is 7.06. The maximum absolute atomic E-state index is 12.3. The fourth-order valence-corrected chi connectivity index (χ4v) is 2.82. The van der Waals surface area contributed by atoms with Crippen LogP contribution in [0.25, 0.3) is 10.9 Å². The predicted octanol–water partition coefficient (Wildman–Crippen LogP) is 3.18. The molecule has 4 aromatic rings. The Morgan fingerprint density at radius 1 is 1.19 bits per heavy atom. The number of rotatable bonds is 5. The van der Waals surface area contributed by atoms with Crippen molar-refractivity contribution < 1.29 is 4.79 Å². The Balaban J connectivity index is 1.45. The van der Waals surface area contributed by atoms with Gasteiger partial charge < -0.3 is 4.98 Å². The monoisotopic (exact) mass is 343 g/mol. The van der Waals surface area contributed by atoms with E-state index in [1.165, 1.54) is 0 Å². The maximum atomic E-state index is 12.3. The van der Waals surface area contributed by atoms with E-state index in [0.717, 1.165) is 22.0 Å². The van der Waals surface area contributed by atoms with Crippen molar-refractivity contribution in [3.8, 4) is 0 Å². The number of carbonyl (C=O) groups is 1. The second-order valence-corrected chi connectivity index (χ2v) is 5.89. The SMILES string of the molecule is O=C(N/N=C/c1c[nH]c2ccccc12)c1cccc(Cn2cccn2)c1.